The molecule has 0 saturated heterocycles. The highest BCUT2D eigenvalue weighted by Crippen LogP contribution is 2.50. The Hall–Kier alpha value is -1.12. The predicted molar refractivity (Wildman–Crippen MR) is 50.1 cm³/mol. The van der Waals surface area contributed by atoms with Gasteiger partial charge in [0.1, 0.15) is 17.7 Å². The van der Waals surface area contributed by atoms with E-state index in [0.717, 1.165) is 0 Å². The van der Waals surface area contributed by atoms with Gasteiger partial charge in [0.2, 0.25) is 0 Å². The normalized spacial score (nSPS) is 30.4. The van der Waals surface area contributed by atoms with Crippen LogP contribution >= 0.6 is 0 Å². The molecule has 0 aliphatic heterocycles. The summed E-state index contributed by atoms with van der Waals surface area (Å²) in [5, 5.41) is 0. The molecule has 0 N–H and O–H groups in total. The summed E-state index contributed by atoms with van der Waals surface area (Å²) in [6.07, 6.45) is -0.639. The molecule has 0 spiro atoms. The molecule has 1 aromatic heterocycles. The van der Waals surface area contributed by atoms with Crippen molar-refractivity contribution in [1.82, 2.24) is 0 Å². The van der Waals surface area contributed by atoms with Crippen molar-refractivity contribution in [1.29, 1.82) is 0 Å². The Labute approximate surface area is 82.1 Å². The zero-order valence-electron chi connectivity index (χ0n) is 8.56. The molecular formula is C11H13FO2. The van der Waals surface area contributed by atoms with Crippen LogP contribution < -0.4 is 0 Å². The third kappa shape index (κ3) is 1.19. The number of aryl methyl sites for hydroxylation is 2. The van der Waals surface area contributed by atoms with Crippen LogP contribution in [-0.4, -0.2) is 12.0 Å². The molecular weight excluding hydrogens is 183 g/mol. The zero-order chi connectivity index (χ0) is 10.5. The van der Waals surface area contributed by atoms with E-state index in [1.165, 1.54) is 0 Å². The number of carbonyl (C=O) groups is 1. The van der Waals surface area contributed by atoms with E-state index in [-0.39, 0.29) is 5.78 Å². The molecule has 0 aromatic carbocycles. The first-order valence-electron chi connectivity index (χ1n) is 4.71. The smallest absolute Gasteiger partial charge is 0.175 e. The first-order valence-corrected chi connectivity index (χ1v) is 4.71. The molecule has 2 rings (SSSR count). The van der Waals surface area contributed by atoms with E-state index < -0.39 is 11.6 Å². The van der Waals surface area contributed by atoms with Crippen molar-refractivity contribution in [3.8, 4) is 0 Å². The van der Waals surface area contributed by atoms with Gasteiger partial charge in [0.05, 0.1) is 11.0 Å². The average Bonchev–Trinajstić information content (AvgIpc) is 2.54. The van der Waals surface area contributed by atoms with Gasteiger partial charge in [-0.1, -0.05) is 0 Å². The summed E-state index contributed by atoms with van der Waals surface area (Å²) in [6.45, 7) is 5.19. The molecule has 0 radical (unpaired) electrons. The summed E-state index contributed by atoms with van der Waals surface area (Å²) in [5.74, 6) is 1.16. The maximum atomic E-state index is 13.0. The number of carbonyl (C=O) groups excluding carboxylic acids is 1. The van der Waals surface area contributed by atoms with Gasteiger partial charge in [0.25, 0.3) is 0 Å². The summed E-state index contributed by atoms with van der Waals surface area (Å²) in [4.78, 5) is 11.9. The highest BCUT2D eigenvalue weighted by molar-refractivity contribution is 6.03. The zero-order valence-corrected chi connectivity index (χ0v) is 8.56. The summed E-state index contributed by atoms with van der Waals surface area (Å²) in [6, 6.07) is 1.69. The highest BCUT2D eigenvalue weighted by Gasteiger charge is 2.57. The van der Waals surface area contributed by atoms with Crippen LogP contribution in [0.2, 0.25) is 0 Å². The molecule has 0 amide bonds. The monoisotopic (exact) mass is 196 g/mol. The van der Waals surface area contributed by atoms with E-state index in [2.05, 4.69) is 0 Å². The van der Waals surface area contributed by atoms with E-state index in [1.807, 2.05) is 0 Å². The van der Waals surface area contributed by atoms with Gasteiger partial charge in [-0.2, -0.15) is 0 Å². The molecule has 14 heavy (non-hydrogen) atoms. The van der Waals surface area contributed by atoms with Crippen LogP contribution in [0, 0.1) is 19.3 Å². The quantitative estimate of drug-likeness (QED) is 0.681. The van der Waals surface area contributed by atoms with Crippen molar-refractivity contribution < 1.29 is 13.6 Å². The Morgan fingerprint density at radius 3 is 2.57 bits per heavy atom. The summed E-state index contributed by atoms with van der Waals surface area (Å²) in [7, 11) is 0. The maximum Gasteiger partial charge on any atom is 0.175 e. The van der Waals surface area contributed by atoms with Crippen molar-refractivity contribution in [3.63, 3.8) is 0 Å². The largest absolute Gasteiger partial charge is 0.466 e. The lowest BCUT2D eigenvalue weighted by Gasteiger charge is -2.04. The van der Waals surface area contributed by atoms with E-state index >= 15 is 0 Å². The minimum atomic E-state index is -0.982. The SMILES string of the molecule is Cc1cc(C(=O)C2(C)CC2F)c(C)o1. The van der Waals surface area contributed by atoms with Gasteiger partial charge in [-0.3, -0.25) is 4.79 Å². The summed E-state index contributed by atoms with van der Waals surface area (Å²) < 4.78 is 18.2. The van der Waals surface area contributed by atoms with Crippen LogP contribution in [0.3, 0.4) is 0 Å². The second-order valence-electron chi connectivity index (χ2n) is 4.25. The van der Waals surface area contributed by atoms with Crippen LogP contribution in [0.4, 0.5) is 4.39 Å². The lowest BCUT2D eigenvalue weighted by Crippen LogP contribution is -2.15. The Kier molecular flexibility index (Phi) is 1.81. The van der Waals surface area contributed by atoms with Crippen LogP contribution in [0.15, 0.2) is 10.5 Å². The Morgan fingerprint density at radius 2 is 2.21 bits per heavy atom. The fourth-order valence-corrected chi connectivity index (χ4v) is 1.71. The van der Waals surface area contributed by atoms with Gasteiger partial charge in [-0.05, 0) is 33.3 Å². The molecule has 3 heteroatoms. The lowest BCUT2D eigenvalue weighted by molar-refractivity contribution is 0.0892. The van der Waals surface area contributed by atoms with Crippen LogP contribution in [0.25, 0.3) is 0 Å². The van der Waals surface area contributed by atoms with E-state index in [9.17, 15) is 9.18 Å². The molecule has 1 aliphatic rings. The molecule has 1 saturated carbocycles. The fourth-order valence-electron chi connectivity index (χ4n) is 1.71. The van der Waals surface area contributed by atoms with Gasteiger partial charge in [-0.25, -0.2) is 4.39 Å². The van der Waals surface area contributed by atoms with E-state index in [1.54, 1.807) is 26.8 Å². The molecule has 1 aliphatic carbocycles. The Balaban J connectivity index is 2.33. The number of hydrogen-bond acceptors (Lipinski definition) is 2. The second-order valence-corrected chi connectivity index (χ2v) is 4.25. The molecule has 1 fully saturated rings. The lowest BCUT2D eigenvalue weighted by atomic mass is 9.97. The molecule has 0 bridgehead atoms. The minimum absolute atomic E-state index is 0.126. The van der Waals surface area contributed by atoms with Gasteiger partial charge < -0.3 is 4.42 Å². The third-order valence-corrected chi connectivity index (χ3v) is 2.94. The van der Waals surface area contributed by atoms with Crippen molar-refractivity contribution in [2.24, 2.45) is 5.41 Å². The number of ketones is 1. The predicted octanol–water partition coefficient (Wildman–Crippen LogP) is 2.83. The first kappa shape index (κ1) is 9.44. The average molecular weight is 196 g/mol. The Bertz CT molecular complexity index is 394. The van der Waals surface area contributed by atoms with Gasteiger partial charge in [0.15, 0.2) is 5.78 Å². The molecule has 1 heterocycles. The van der Waals surface area contributed by atoms with Crippen LogP contribution in [0.1, 0.15) is 35.2 Å². The molecule has 1 aromatic rings. The van der Waals surface area contributed by atoms with E-state index in [4.69, 9.17) is 4.42 Å². The van der Waals surface area contributed by atoms with Gasteiger partial charge in [-0.15, -0.1) is 0 Å². The second kappa shape index (κ2) is 2.69. The first-order chi connectivity index (χ1) is 6.45. The maximum absolute atomic E-state index is 13.0. The number of Topliss-reactive ketones (excluding diaryl/α,β-unsaturated/α-hetero) is 1. The molecule has 2 atom stereocenters. The van der Waals surface area contributed by atoms with Crippen molar-refractivity contribution in [2.45, 2.75) is 33.4 Å². The van der Waals surface area contributed by atoms with Gasteiger partial charge >= 0.3 is 0 Å². The van der Waals surface area contributed by atoms with Gasteiger partial charge in [0, 0.05) is 0 Å². The number of hydrogen-bond donors (Lipinski definition) is 0. The number of rotatable bonds is 2. The summed E-state index contributed by atoms with van der Waals surface area (Å²) >= 11 is 0. The Morgan fingerprint density at radius 1 is 1.64 bits per heavy atom. The van der Waals surface area contributed by atoms with Crippen molar-refractivity contribution in [2.75, 3.05) is 0 Å². The third-order valence-electron chi connectivity index (χ3n) is 2.94. The van der Waals surface area contributed by atoms with E-state index in [0.29, 0.717) is 23.5 Å². The number of furan rings is 1. The van der Waals surface area contributed by atoms with Crippen molar-refractivity contribution in [3.05, 3.63) is 23.2 Å². The molecule has 2 nitrogen and oxygen atoms in total. The number of halogens is 1. The minimum Gasteiger partial charge on any atom is -0.466 e. The molecule has 2 unspecified atom stereocenters. The summed E-state index contributed by atoms with van der Waals surface area (Å²) in [5.41, 5.74) is -0.258. The van der Waals surface area contributed by atoms with Crippen molar-refractivity contribution >= 4 is 5.78 Å². The topological polar surface area (TPSA) is 30.2 Å². The number of alkyl halides is 1. The molecule has 76 valence electrons. The fraction of sp³-hybridized carbons (Fsp3) is 0.545. The standard InChI is InChI=1S/C11H13FO2/c1-6-4-8(7(2)14-6)10(13)11(3)5-9(11)12/h4,9H,5H2,1-3H3. The van der Waals surface area contributed by atoms with Crippen LogP contribution in [0.5, 0.6) is 0 Å². The van der Waals surface area contributed by atoms with Crippen LogP contribution in [-0.2, 0) is 0 Å². The highest BCUT2D eigenvalue weighted by atomic mass is 19.1.